The summed E-state index contributed by atoms with van der Waals surface area (Å²) < 4.78 is 4.79. The van der Waals surface area contributed by atoms with Gasteiger partial charge in [-0.1, -0.05) is 5.16 Å². The zero-order valence-electron chi connectivity index (χ0n) is 7.38. The van der Waals surface area contributed by atoms with Crippen molar-refractivity contribution in [1.29, 1.82) is 0 Å². The highest BCUT2D eigenvalue weighted by Gasteiger charge is 2.14. The molecule has 74 valence electrons. The third-order valence-corrected chi connectivity index (χ3v) is 1.61. The molecule has 0 radical (unpaired) electrons. The van der Waals surface area contributed by atoms with E-state index in [1.54, 1.807) is 6.07 Å². The molecule has 0 unspecified atom stereocenters. The molecule has 0 saturated carbocycles. The number of oxime groups is 1. The van der Waals surface area contributed by atoms with E-state index in [1.165, 1.54) is 19.2 Å². The minimum atomic E-state index is -0.562. The fourth-order valence-electron chi connectivity index (χ4n) is 0.997. The number of nitrogens with zero attached hydrogens (tertiary/aromatic N) is 2. The predicted octanol–water partition coefficient (Wildman–Crippen LogP) is 1.41. The van der Waals surface area contributed by atoms with Gasteiger partial charge in [-0.25, -0.2) is 0 Å². The van der Waals surface area contributed by atoms with Gasteiger partial charge >= 0.3 is 5.69 Å². The lowest BCUT2D eigenvalue weighted by molar-refractivity contribution is -0.385. The van der Waals surface area contributed by atoms with Gasteiger partial charge in [-0.05, 0) is 12.1 Å². The Morgan fingerprint density at radius 1 is 1.64 bits per heavy atom. The van der Waals surface area contributed by atoms with Gasteiger partial charge in [0.15, 0.2) is 5.75 Å². The summed E-state index contributed by atoms with van der Waals surface area (Å²) in [6, 6.07) is 4.25. The Labute approximate surface area is 79.6 Å². The van der Waals surface area contributed by atoms with E-state index in [9.17, 15) is 10.1 Å². The van der Waals surface area contributed by atoms with Crippen molar-refractivity contribution in [2.75, 3.05) is 7.11 Å². The molecular weight excluding hydrogens is 188 g/mol. The van der Waals surface area contributed by atoms with Gasteiger partial charge in [0.1, 0.15) is 0 Å². The molecule has 0 aromatic heterocycles. The molecule has 1 aromatic carbocycles. The van der Waals surface area contributed by atoms with E-state index in [0.717, 1.165) is 6.21 Å². The Morgan fingerprint density at radius 3 is 2.86 bits per heavy atom. The molecule has 0 aliphatic rings. The lowest BCUT2D eigenvalue weighted by Crippen LogP contribution is -1.95. The summed E-state index contributed by atoms with van der Waals surface area (Å²) in [5.74, 6) is 0.171. The second-order valence-corrected chi connectivity index (χ2v) is 2.43. The molecule has 0 atom stereocenters. The molecule has 1 aromatic rings. The van der Waals surface area contributed by atoms with Crippen LogP contribution in [0.25, 0.3) is 0 Å². The summed E-state index contributed by atoms with van der Waals surface area (Å²) in [7, 11) is 1.35. The molecule has 0 aliphatic carbocycles. The molecule has 6 heteroatoms. The van der Waals surface area contributed by atoms with Gasteiger partial charge in [0.2, 0.25) is 0 Å². The first-order chi connectivity index (χ1) is 6.69. The molecule has 0 bridgehead atoms. The first kappa shape index (κ1) is 9.97. The highest BCUT2D eigenvalue weighted by Crippen LogP contribution is 2.26. The number of rotatable bonds is 3. The zero-order chi connectivity index (χ0) is 10.6. The van der Waals surface area contributed by atoms with Crippen LogP contribution < -0.4 is 4.74 Å². The van der Waals surface area contributed by atoms with E-state index in [2.05, 4.69) is 5.16 Å². The smallest absolute Gasteiger partial charge is 0.311 e. The predicted molar refractivity (Wildman–Crippen MR) is 49.0 cm³/mol. The highest BCUT2D eigenvalue weighted by molar-refractivity contribution is 5.81. The van der Waals surface area contributed by atoms with Crippen LogP contribution in [0.5, 0.6) is 5.75 Å². The molecule has 14 heavy (non-hydrogen) atoms. The fraction of sp³-hybridized carbons (Fsp3) is 0.125. The van der Waals surface area contributed by atoms with E-state index in [0.29, 0.717) is 5.56 Å². The van der Waals surface area contributed by atoms with Crippen molar-refractivity contribution in [3.05, 3.63) is 33.9 Å². The lowest BCUT2D eigenvalue weighted by atomic mass is 10.2. The molecule has 0 fully saturated rings. The van der Waals surface area contributed by atoms with Crippen molar-refractivity contribution >= 4 is 11.9 Å². The lowest BCUT2D eigenvalue weighted by Gasteiger charge is -2.01. The van der Waals surface area contributed by atoms with Crippen molar-refractivity contribution in [1.82, 2.24) is 0 Å². The Bertz CT molecular complexity index is 376. The second-order valence-electron chi connectivity index (χ2n) is 2.43. The monoisotopic (exact) mass is 196 g/mol. The quantitative estimate of drug-likeness (QED) is 0.343. The summed E-state index contributed by atoms with van der Waals surface area (Å²) in [5.41, 5.74) is 0.268. The van der Waals surface area contributed by atoms with Crippen molar-refractivity contribution in [3.8, 4) is 5.75 Å². The Kier molecular flexibility index (Phi) is 3.01. The maximum atomic E-state index is 10.6. The maximum absolute atomic E-state index is 10.6. The molecule has 0 saturated heterocycles. The minimum Gasteiger partial charge on any atom is -0.490 e. The van der Waals surface area contributed by atoms with Gasteiger partial charge < -0.3 is 9.94 Å². The zero-order valence-corrected chi connectivity index (χ0v) is 7.38. The van der Waals surface area contributed by atoms with Crippen LogP contribution in [0.15, 0.2) is 23.4 Å². The van der Waals surface area contributed by atoms with Crippen LogP contribution >= 0.6 is 0 Å². The van der Waals surface area contributed by atoms with E-state index in [4.69, 9.17) is 9.94 Å². The van der Waals surface area contributed by atoms with Crippen LogP contribution in [0.3, 0.4) is 0 Å². The van der Waals surface area contributed by atoms with Crippen LogP contribution in [0.4, 0.5) is 5.69 Å². The number of hydrogen-bond acceptors (Lipinski definition) is 5. The summed E-state index contributed by atoms with van der Waals surface area (Å²) in [5, 5.41) is 21.6. The van der Waals surface area contributed by atoms with E-state index in [1.807, 2.05) is 0 Å². The number of benzene rings is 1. The van der Waals surface area contributed by atoms with Crippen molar-refractivity contribution in [3.63, 3.8) is 0 Å². The van der Waals surface area contributed by atoms with Gasteiger partial charge in [0.05, 0.1) is 18.2 Å². The van der Waals surface area contributed by atoms with Crippen LogP contribution in [0.2, 0.25) is 0 Å². The summed E-state index contributed by atoms with van der Waals surface area (Å²) >= 11 is 0. The summed E-state index contributed by atoms with van der Waals surface area (Å²) in [6.07, 6.45) is 1.10. The average Bonchev–Trinajstić information content (AvgIpc) is 2.18. The van der Waals surface area contributed by atoms with Crippen molar-refractivity contribution in [2.24, 2.45) is 5.16 Å². The van der Waals surface area contributed by atoms with E-state index < -0.39 is 4.92 Å². The highest BCUT2D eigenvalue weighted by atomic mass is 16.6. The molecule has 0 heterocycles. The Balaban J connectivity index is 3.20. The van der Waals surface area contributed by atoms with E-state index in [-0.39, 0.29) is 11.4 Å². The summed E-state index contributed by atoms with van der Waals surface area (Å²) in [6.45, 7) is 0. The van der Waals surface area contributed by atoms with Gasteiger partial charge in [-0.3, -0.25) is 10.1 Å². The van der Waals surface area contributed by atoms with Crippen molar-refractivity contribution in [2.45, 2.75) is 0 Å². The van der Waals surface area contributed by atoms with Gasteiger partial charge in [0, 0.05) is 11.6 Å². The van der Waals surface area contributed by atoms with Crippen LogP contribution in [0, 0.1) is 10.1 Å². The summed E-state index contributed by atoms with van der Waals surface area (Å²) in [4.78, 5) is 9.99. The minimum absolute atomic E-state index is 0.162. The maximum Gasteiger partial charge on any atom is 0.311 e. The molecule has 1 N–H and O–H groups in total. The number of methoxy groups -OCH3 is 1. The van der Waals surface area contributed by atoms with Gasteiger partial charge in [-0.15, -0.1) is 0 Å². The van der Waals surface area contributed by atoms with Crippen LogP contribution in [-0.2, 0) is 0 Å². The second kappa shape index (κ2) is 4.22. The van der Waals surface area contributed by atoms with Crippen LogP contribution in [0.1, 0.15) is 5.56 Å². The SMILES string of the molecule is COc1ccc(/C=N\O)cc1[N+](=O)[O-]. The molecule has 6 nitrogen and oxygen atoms in total. The number of hydrogen-bond donors (Lipinski definition) is 1. The largest absolute Gasteiger partial charge is 0.490 e. The number of nitro benzene ring substituents is 1. The molecular formula is C8H8N2O4. The van der Waals surface area contributed by atoms with Crippen LogP contribution in [-0.4, -0.2) is 23.5 Å². The molecule has 1 rings (SSSR count). The topological polar surface area (TPSA) is 85.0 Å². The van der Waals surface area contributed by atoms with Crippen molar-refractivity contribution < 1.29 is 14.9 Å². The van der Waals surface area contributed by atoms with E-state index >= 15 is 0 Å². The first-order valence-corrected chi connectivity index (χ1v) is 3.69. The average molecular weight is 196 g/mol. The number of nitro groups is 1. The fourth-order valence-corrected chi connectivity index (χ4v) is 0.997. The first-order valence-electron chi connectivity index (χ1n) is 3.69. The standard InChI is InChI=1S/C8H8N2O4/c1-14-8-3-2-6(5-9-11)4-7(8)10(12)13/h2-5,11H,1H3/b9-5-. The Hall–Kier alpha value is -2.11. The number of ether oxygens (including phenoxy) is 1. The molecule has 0 amide bonds. The normalized spacial score (nSPS) is 10.4. The molecule has 0 aliphatic heterocycles. The molecule has 0 spiro atoms. The Morgan fingerprint density at radius 2 is 2.36 bits per heavy atom. The third kappa shape index (κ3) is 1.98. The van der Waals surface area contributed by atoms with Gasteiger partial charge in [-0.2, -0.15) is 0 Å². The third-order valence-electron chi connectivity index (χ3n) is 1.61. The van der Waals surface area contributed by atoms with Gasteiger partial charge in [0.25, 0.3) is 0 Å².